The molecule has 3 saturated heterocycles. The zero-order valence-corrected chi connectivity index (χ0v) is 16.7. The molecule has 0 saturated carbocycles. The minimum atomic E-state index is -0.568. The van der Waals surface area contributed by atoms with E-state index in [1.165, 1.54) is 17.9 Å². The summed E-state index contributed by atoms with van der Waals surface area (Å²) in [7, 11) is 0. The quantitative estimate of drug-likeness (QED) is 0.704. The van der Waals surface area contributed by atoms with Gasteiger partial charge in [-0.2, -0.15) is 0 Å². The Kier molecular flexibility index (Phi) is 5.50. The lowest BCUT2D eigenvalue weighted by molar-refractivity contribution is -0.133. The zero-order valence-electron chi connectivity index (χ0n) is 16.7. The normalized spacial score (nSPS) is 25.5. The SMILES string of the molecule is CC(=O)NC[C@H]1CN(c2ccc(N3C[C@H]4CN(C(=O)CO)C[C@H]4C3)c(F)c2)C(=O)O1. The third-order valence-corrected chi connectivity index (χ3v) is 6.01. The predicted octanol–water partition coefficient (Wildman–Crippen LogP) is 0.174. The number of anilines is 2. The summed E-state index contributed by atoms with van der Waals surface area (Å²) in [6.07, 6.45) is -1.05. The van der Waals surface area contributed by atoms with Crippen LogP contribution < -0.4 is 15.1 Å². The number of cyclic esters (lactones) is 1. The van der Waals surface area contributed by atoms with Crippen molar-refractivity contribution in [1.82, 2.24) is 10.2 Å². The summed E-state index contributed by atoms with van der Waals surface area (Å²) in [5, 5.41) is 11.6. The molecule has 0 aromatic heterocycles. The summed E-state index contributed by atoms with van der Waals surface area (Å²) in [5.74, 6) is -0.390. The third-order valence-electron chi connectivity index (χ3n) is 6.01. The van der Waals surface area contributed by atoms with Crippen LogP contribution in [0.2, 0.25) is 0 Å². The fourth-order valence-corrected chi connectivity index (χ4v) is 4.51. The molecule has 2 N–H and O–H groups in total. The van der Waals surface area contributed by atoms with E-state index in [0.717, 1.165) is 0 Å². The number of benzene rings is 1. The highest BCUT2D eigenvalue weighted by Gasteiger charge is 2.42. The van der Waals surface area contributed by atoms with Crippen LogP contribution in [0.15, 0.2) is 18.2 Å². The van der Waals surface area contributed by atoms with Gasteiger partial charge in [0.05, 0.1) is 24.5 Å². The average molecular weight is 420 g/mol. The number of rotatable bonds is 5. The topological polar surface area (TPSA) is 102 Å². The van der Waals surface area contributed by atoms with Crippen molar-refractivity contribution in [3.05, 3.63) is 24.0 Å². The van der Waals surface area contributed by atoms with E-state index in [9.17, 15) is 18.8 Å². The molecule has 1 aromatic rings. The maximum Gasteiger partial charge on any atom is 0.414 e. The molecule has 9 nitrogen and oxygen atoms in total. The van der Waals surface area contributed by atoms with Crippen molar-refractivity contribution in [2.45, 2.75) is 13.0 Å². The largest absolute Gasteiger partial charge is 0.442 e. The van der Waals surface area contributed by atoms with Crippen molar-refractivity contribution in [3.8, 4) is 0 Å². The highest BCUT2D eigenvalue weighted by molar-refractivity contribution is 5.90. The van der Waals surface area contributed by atoms with Crippen LogP contribution in [0.4, 0.5) is 20.6 Å². The number of likely N-dealkylation sites (tertiary alicyclic amines) is 1. The van der Waals surface area contributed by atoms with Crippen LogP contribution in [0.3, 0.4) is 0 Å². The zero-order chi connectivity index (χ0) is 21.4. The van der Waals surface area contributed by atoms with Gasteiger partial charge in [0.15, 0.2) is 0 Å². The van der Waals surface area contributed by atoms with E-state index >= 15 is 0 Å². The van der Waals surface area contributed by atoms with Gasteiger partial charge in [-0.1, -0.05) is 0 Å². The van der Waals surface area contributed by atoms with Gasteiger partial charge in [0.2, 0.25) is 11.8 Å². The molecule has 10 heteroatoms. The van der Waals surface area contributed by atoms with Crippen LogP contribution in [0.5, 0.6) is 0 Å². The molecule has 3 atom stereocenters. The van der Waals surface area contributed by atoms with Crippen LogP contribution in [0.1, 0.15) is 6.92 Å². The molecular weight excluding hydrogens is 395 g/mol. The number of nitrogens with one attached hydrogen (secondary N) is 1. The number of hydrogen-bond acceptors (Lipinski definition) is 6. The van der Waals surface area contributed by atoms with E-state index in [1.54, 1.807) is 17.0 Å². The summed E-state index contributed by atoms with van der Waals surface area (Å²) < 4.78 is 20.1. The number of nitrogens with zero attached hydrogens (tertiary/aromatic N) is 3. The van der Waals surface area contributed by atoms with Gasteiger partial charge in [0, 0.05) is 44.9 Å². The summed E-state index contributed by atoms with van der Waals surface area (Å²) in [6, 6.07) is 4.68. The number of hydrogen-bond donors (Lipinski definition) is 2. The van der Waals surface area contributed by atoms with Crippen LogP contribution in [-0.4, -0.2) is 79.9 Å². The molecule has 3 aliphatic rings. The number of halogens is 1. The second-order valence-corrected chi connectivity index (χ2v) is 8.07. The number of aliphatic hydroxyl groups is 1. The van der Waals surface area contributed by atoms with Gasteiger partial charge in [-0.25, -0.2) is 9.18 Å². The van der Waals surface area contributed by atoms with Crippen molar-refractivity contribution < 1.29 is 28.6 Å². The van der Waals surface area contributed by atoms with Gasteiger partial charge < -0.3 is 25.0 Å². The van der Waals surface area contributed by atoms with Crippen LogP contribution in [0.25, 0.3) is 0 Å². The Morgan fingerprint density at radius 2 is 1.90 bits per heavy atom. The predicted molar refractivity (Wildman–Crippen MR) is 106 cm³/mol. The molecule has 0 aliphatic carbocycles. The fourth-order valence-electron chi connectivity index (χ4n) is 4.51. The van der Waals surface area contributed by atoms with E-state index in [-0.39, 0.29) is 36.7 Å². The Morgan fingerprint density at radius 3 is 2.50 bits per heavy atom. The lowest BCUT2D eigenvalue weighted by Gasteiger charge is -2.24. The Labute approximate surface area is 173 Å². The number of amides is 3. The monoisotopic (exact) mass is 420 g/mol. The lowest BCUT2D eigenvalue weighted by atomic mass is 10.0. The number of fused-ring (bicyclic) bond motifs is 1. The minimum Gasteiger partial charge on any atom is -0.442 e. The van der Waals surface area contributed by atoms with Gasteiger partial charge in [0.1, 0.15) is 18.5 Å². The molecule has 30 heavy (non-hydrogen) atoms. The molecule has 162 valence electrons. The number of ether oxygens (including phenoxy) is 1. The molecule has 3 heterocycles. The molecule has 0 radical (unpaired) electrons. The second-order valence-electron chi connectivity index (χ2n) is 8.07. The molecule has 1 aromatic carbocycles. The first kappa shape index (κ1) is 20.4. The van der Waals surface area contributed by atoms with Crippen molar-refractivity contribution in [3.63, 3.8) is 0 Å². The molecule has 3 aliphatic heterocycles. The first-order chi connectivity index (χ1) is 14.4. The average Bonchev–Trinajstić information content (AvgIpc) is 3.38. The summed E-state index contributed by atoms with van der Waals surface area (Å²) in [4.78, 5) is 39.8. The Bertz CT molecular complexity index is 852. The highest BCUT2D eigenvalue weighted by Crippen LogP contribution is 2.36. The van der Waals surface area contributed by atoms with Crippen molar-refractivity contribution in [1.29, 1.82) is 0 Å². The highest BCUT2D eigenvalue weighted by atomic mass is 19.1. The maximum absolute atomic E-state index is 14.9. The van der Waals surface area contributed by atoms with E-state index in [1.807, 2.05) is 4.90 Å². The Morgan fingerprint density at radius 1 is 1.20 bits per heavy atom. The summed E-state index contributed by atoms with van der Waals surface area (Å²) in [6.45, 7) is 3.79. The minimum absolute atomic E-state index is 0.209. The fraction of sp³-hybridized carbons (Fsp3) is 0.550. The smallest absolute Gasteiger partial charge is 0.414 e. The first-order valence-corrected chi connectivity index (χ1v) is 10.0. The van der Waals surface area contributed by atoms with Crippen LogP contribution in [0, 0.1) is 17.7 Å². The molecule has 3 amide bonds. The molecular formula is C20H25FN4O5. The van der Waals surface area contributed by atoms with E-state index in [4.69, 9.17) is 9.84 Å². The van der Waals surface area contributed by atoms with Crippen molar-refractivity contribution in [2.75, 3.05) is 55.7 Å². The second kappa shape index (κ2) is 8.10. The standard InChI is InChI=1S/C20H25FN4O5/c1-12(27)22-5-16-10-25(20(29)30-16)15-2-3-18(17(21)4-15)23-6-13-8-24(19(28)11-26)9-14(13)7-23/h2-4,13-14,16,26H,5-11H2,1H3,(H,22,27)/t13-,14+,16-/m0/s1. The van der Waals surface area contributed by atoms with Gasteiger partial charge in [-0.05, 0) is 18.2 Å². The Balaban J connectivity index is 1.40. The van der Waals surface area contributed by atoms with Gasteiger partial charge in [-0.3, -0.25) is 14.5 Å². The summed E-state index contributed by atoms with van der Waals surface area (Å²) >= 11 is 0. The number of carbonyl (C=O) groups excluding carboxylic acids is 3. The first-order valence-electron chi connectivity index (χ1n) is 10.0. The van der Waals surface area contributed by atoms with Gasteiger partial charge >= 0.3 is 6.09 Å². The molecule has 4 rings (SSSR count). The van der Waals surface area contributed by atoms with Crippen molar-refractivity contribution >= 4 is 29.3 Å². The third kappa shape index (κ3) is 3.91. The maximum atomic E-state index is 14.9. The molecule has 0 spiro atoms. The van der Waals surface area contributed by atoms with Gasteiger partial charge in [0.25, 0.3) is 0 Å². The van der Waals surface area contributed by atoms with E-state index in [2.05, 4.69) is 5.32 Å². The Hall–Kier alpha value is -2.88. The van der Waals surface area contributed by atoms with E-state index < -0.39 is 24.6 Å². The summed E-state index contributed by atoms with van der Waals surface area (Å²) in [5.41, 5.74) is 0.876. The van der Waals surface area contributed by atoms with E-state index in [0.29, 0.717) is 37.6 Å². The van der Waals surface area contributed by atoms with Crippen molar-refractivity contribution in [2.24, 2.45) is 11.8 Å². The van der Waals surface area contributed by atoms with Crippen LogP contribution in [-0.2, 0) is 14.3 Å². The number of carbonyl (C=O) groups is 3. The molecule has 0 unspecified atom stereocenters. The van der Waals surface area contributed by atoms with Gasteiger partial charge in [-0.15, -0.1) is 0 Å². The number of aliphatic hydroxyl groups excluding tert-OH is 1. The lowest BCUT2D eigenvalue weighted by Crippen LogP contribution is -2.35. The van der Waals surface area contributed by atoms with Crippen LogP contribution >= 0.6 is 0 Å². The molecule has 0 bridgehead atoms. The molecule has 3 fully saturated rings.